The van der Waals surface area contributed by atoms with Crippen molar-refractivity contribution >= 4 is 11.7 Å². The van der Waals surface area contributed by atoms with E-state index in [1.54, 1.807) is 30.3 Å². The minimum absolute atomic E-state index is 0.0149. The third kappa shape index (κ3) is 6.82. The van der Waals surface area contributed by atoms with Gasteiger partial charge in [-0.1, -0.05) is 30.3 Å². The lowest BCUT2D eigenvalue weighted by atomic mass is 9.94. The Morgan fingerprint density at radius 2 is 1.74 bits per heavy atom. The van der Waals surface area contributed by atoms with E-state index in [-0.39, 0.29) is 17.7 Å². The first kappa shape index (κ1) is 24.8. The van der Waals surface area contributed by atoms with Crippen LogP contribution in [0, 0.1) is 11.3 Å². The van der Waals surface area contributed by atoms with Crippen LogP contribution >= 0.6 is 0 Å². The Kier molecular flexibility index (Phi) is 7.90. The SMILES string of the molecule is CC(C)(Cc1ccc(N)cc1)NCC(O)COc1cc(-c2ccc(C(=O)O)cc2)ccc1C#N. The number of benzene rings is 3. The van der Waals surface area contributed by atoms with Crippen LogP contribution in [0.5, 0.6) is 5.75 Å². The first-order valence-electron chi connectivity index (χ1n) is 10.9. The average Bonchev–Trinajstić information content (AvgIpc) is 2.82. The van der Waals surface area contributed by atoms with Crippen LogP contribution in [-0.2, 0) is 6.42 Å². The van der Waals surface area contributed by atoms with Crippen LogP contribution in [0.3, 0.4) is 0 Å². The van der Waals surface area contributed by atoms with Crippen molar-refractivity contribution in [2.24, 2.45) is 0 Å². The molecule has 1 unspecified atom stereocenters. The molecule has 1 atom stereocenters. The van der Waals surface area contributed by atoms with Gasteiger partial charge in [0.2, 0.25) is 0 Å². The topological polar surface area (TPSA) is 129 Å². The Morgan fingerprint density at radius 1 is 1.09 bits per heavy atom. The monoisotopic (exact) mass is 459 g/mol. The maximum Gasteiger partial charge on any atom is 0.335 e. The zero-order valence-corrected chi connectivity index (χ0v) is 19.3. The number of aromatic carboxylic acids is 1. The summed E-state index contributed by atoms with van der Waals surface area (Å²) in [5.74, 6) is -0.628. The van der Waals surface area contributed by atoms with Crippen LogP contribution < -0.4 is 15.8 Å². The summed E-state index contributed by atoms with van der Waals surface area (Å²) >= 11 is 0. The summed E-state index contributed by atoms with van der Waals surface area (Å²) in [5, 5.41) is 32.3. The van der Waals surface area contributed by atoms with Gasteiger partial charge in [-0.05, 0) is 73.4 Å². The van der Waals surface area contributed by atoms with Crippen LogP contribution in [0.2, 0.25) is 0 Å². The van der Waals surface area contributed by atoms with Gasteiger partial charge in [-0.3, -0.25) is 0 Å². The second-order valence-corrected chi connectivity index (χ2v) is 8.85. The lowest BCUT2D eigenvalue weighted by Crippen LogP contribution is -2.46. The molecular formula is C27H29N3O4. The number of nitrogen functional groups attached to an aromatic ring is 1. The summed E-state index contributed by atoms with van der Waals surface area (Å²) in [7, 11) is 0. The van der Waals surface area contributed by atoms with Crippen molar-refractivity contribution in [1.82, 2.24) is 5.32 Å². The number of nitrogens with two attached hydrogens (primary N) is 1. The van der Waals surface area contributed by atoms with Crippen molar-refractivity contribution < 1.29 is 19.7 Å². The lowest BCUT2D eigenvalue weighted by molar-refractivity contribution is 0.0697. The van der Waals surface area contributed by atoms with E-state index in [4.69, 9.17) is 15.6 Å². The molecule has 5 N–H and O–H groups in total. The Morgan fingerprint density at radius 3 is 2.35 bits per heavy atom. The van der Waals surface area contributed by atoms with Gasteiger partial charge >= 0.3 is 5.97 Å². The number of carboxylic acids is 1. The molecule has 7 nitrogen and oxygen atoms in total. The molecule has 176 valence electrons. The Labute approximate surface area is 199 Å². The molecule has 0 radical (unpaired) electrons. The molecule has 0 heterocycles. The summed E-state index contributed by atoms with van der Waals surface area (Å²) in [4.78, 5) is 11.1. The van der Waals surface area contributed by atoms with Crippen LogP contribution in [-0.4, -0.2) is 41.0 Å². The van der Waals surface area contributed by atoms with Gasteiger partial charge in [-0.25, -0.2) is 4.79 Å². The molecule has 0 saturated heterocycles. The van der Waals surface area contributed by atoms with Crippen molar-refractivity contribution in [2.75, 3.05) is 18.9 Å². The fourth-order valence-electron chi connectivity index (χ4n) is 3.57. The first-order chi connectivity index (χ1) is 16.2. The second kappa shape index (κ2) is 10.8. The molecule has 0 spiro atoms. The average molecular weight is 460 g/mol. The van der Waals surface area contributed by atoms with Gasteiger partial charge in [0.05, 0.1) is 11.1 Å². The second-order valence-electron chi connectivity index (χ2n) is 8.85. The number of anilines is 1. The molecule has 34 heavy (non-hydrogen) atoms. The quantitative estimate of drug-likeness (QED) is 0.339. The molecule has 7 heteroatoms. The number of rotatable bonds is 10. The van der Waals surface area contributed by atoms with E-state index in [0.29, 0.717) is 17.9 Å². The standard InChI is InChI=1S/C27H29N3O4/c1-27(2,14-18-3-11-23(29)12-4-18)30-16-24(31)17-34-25-13-21(9-10-22(25)15-28)19-5-7-20(8-6-19)26(32)33/h3-13,24,30-31H,14,16-17,29H2,1-2H3,(H,32,33). The maximum atomic E-state index is 11.1. The summed E-state index contributed by atoms with van der Waals surface area (Å²) < 4.78 is 5.79. The van der Waals surface area contributed by atoms with E-state index in [0.717, 1.165) is 28.8 Å². The van der Waals surface area contributed by atoms with Gasteiger partial charge in [0.15, 0.2) is 0 Å². The van der Waals surface area contributed by atoms with Gasteiger partial charge in [0.25, 0.3) is 0 Å². The summed E-state index contributed by atoms with van der Waals surface area (Å²) in [6, 6.07) is 21.4. The number of ether oxygens (including phenoxy) is 1. The largest absolute Gasteiger partial charge is 0.489 e. The number of carboxylic acid groups (broad SMARTS) is 1. The summed E-state index contributed by atoms with van der Waals surface area (Å²) in [6.45, 7) is 4.45. The van der Waals surface area contributed by atoms with Crippen molar-refractivity contribution in [1.29, 1.82) is 5.26 Å². The molecule has 0 aromatic heterocycles. The molecule has 0 aliphatic rings. The molecule has 3 aromatic carbocycles. The third-order valence-corrected chi connectivity index (χ3v) is 5.44. The number of nitrogens with zero attached hydrogens (tertiary/aromatic N) is 1. The molecule has 0 saturated carbocycles. The van der Waals surface area contributed by atoms with E-state index in [9.17, 15) is 15.2 Å². The molecule has 0 fully saturated rings. The summed E-state index contributed by atoms with van der Waals surface area (Å²) in [5.41, 5.74) is 9.49. The molecule has 0 aliphatic carbocycles. The fraction of sp³-hybridized carbons (Fsp3) is 0.259. The molecular weight excluding hydrogens is 430 g/mol. The number of aliphatic hydroxyl groups is 1. The van der Waals surface area contributed by atoms with Crippen molar-refractivity contribution in [3.05, 3.63) is 83.4 Å². The molecule has 0 bridgehead atoms. The third-order valence-electron chi connectivity index (χ3n) is 5.44. The highest BCUT2D eigenvalue weighted by Gasteiger charge is 2.20. The predicted molar refractivity (Wildman–Crippen MR) is 132 cm³/mol. The zero-order valence-electron chi connectivity index (χ0n) is 19.3. The minimum Gasteiger partial charge on any atom is -0.489 e. The van der Waals surface area contributed by atoms with Gasteiger partial charge in [0, 0.05) is 17.8 Å². The number of hydrogen-bond donors (Lipinski definition) is 4. The van der Waals surface area contributed by atoms with Crippen molar-refractivity contribution in [3.8, 4) is 22.9 Å². The first-order valence-corrected chi connectivity index (χ1v) is 10.9. The van der Waals surface area contributed by atoms with Gasteiger partial charge in [-0.2, -0.15) is 5.26 Å². The molecule has 3 aromatic rings. The van der Waals surface area contributed by atoms with Crippen LogP contribution in [0.15, 0.2) is 66.7 Å². The molecule has 0 amide bonds. The lowest BCUT2D eigenvalue weighted by Gasteiger charge is -2.28. The van der Waals surface area contributed by atoms with Crippen LogP contribution in [0.1, 0.15) is 35.3 Å². The van der Waals surface area contributed by atoms with E-state index < -0.39 is 12.1 Å². The van der Waals surface area contributed by atoms with E-state index in [1.165, 1.54) is 12.1 Å². The van der Waals surface area contributed by atoms with Crippen molar-refractivity contribution in [2.45, 2.75) is 31.9 Å². The highest BCUT2D eigenvalue weighted by Crippen LogP contribution is 2.27. The maximum absolute atomic E-state index is 11.1. The minimum atomic E-state index is -0.991. The number of carbonyl (C=O) groups is 1. The van der Waals surface area contributed by atoms with Crippen LogP contribution in [0.25, 0.3) is 11.1 Å². The highest BCUT2D eigenvalue weighted by atomic mass is 16.5. The smallest absolute Gasteiger partial charge is 0.335 e. The summed E-state index contributed by atoms with van der Waals surface area (Å²) in [6.07, 6.45) is -0.0157. The van der Waals surface area contributed by atoms with Gasteiger partial charge in [0.1, 0.15) is 24.5 Å². The van der Waals surface area contributed by atoms with Gasteiger partial charge in [-0.15, -0.1) is 0 Å². The van der Waals surface area contributed by atoms with Crippen molar-refractivity contribution in [3.63, 3.8) is 0 Å². The number of hydrogen-bond acceptors (Lipinski definition) is 6. The zero-order chi connectivity index (χ0) is 24.7. The van der Waals surface area contributed by atoms with E-state index >= 15 is 0 Å². The normalized spacial score (nSPS) is 12.1. The Hall–Kier alpha value is -3.86. The number of nitriles is 1. The van der Waals surface area contributed by atoms with Gasteiger partial charge < -0.3 is 26.0 Å². The fourth-order valence-corrected chi connectivity index (χ4v) is 3.57. The number of aliphatic hydroxyl groups excluding tert-OH is 1. The van der Waals surface area contributed by atoms with Crippen LogP contribution in [0.4, 0.5) is 5.69 Å². The molecule has 3 rings (SSSR count). The molecule has 0 aliphatic heterocycles. The number of β-amino-alcohol motifs (C(OH)–C–C–N with tert-alkyl or cyclic N) is 1. The Balaban J connectivity index is 1.60. The van der Waals surface area contributed by atoms with E-state index in [2.05, 4.69) is 25.2 Å². The van der Waals surface area contributed by atoms with E-state index in [1.807, 2.05) is 24.3 Å². The number of nitrogens with one attached hydrogen (secondary N) is 1. The Bertz CT molecular complexity index is 1170. The highest BCUT2D eigenvalue weighted by molar-refractivity contribution is 5.88. The predicted octanol–water partition coefficient (Wildman–Crippen LogP) is 3.86.